The molecular weight excluding hydrogens is 275 g/mol. The van der Waals surface area contributed by atoms with Crippen LogP contribution in [0.1, 0.15) is 50.7 Å². The van der Waals surface area contributed by atoms with Crippen LogP contribution in [0.3, 0.4) is 0 Å². The van der Waals surface area contributed by atoms with Crippen molar-refractivity contribution < 1.29 is 13.2 Å². The fourth-order valence-electron chi connectivity index (χ4n) is 3.27. The van der Waals surface area contributed by atoms with Crippen LogP contribution in [0.5, 0.6) is 0 Å². The van der Waals surface area contributed by atoms with Gasteiger partial charge in [-0.3, -0.25) is 0 Å². The van der Waals surface area contributed by atoms with Gasteiger partial charge in [0.2, 0.25) is 0 Å². The Kier molecular flexibility index (Phi) is 4.97. The van der Waals surface area contributed by atoms with Crippen molar-refractivity contribution in [2.24, 2.45) is 5.92 Å². The average Bonchev–Trinajstić information content (AvgIpc) is 2.46. The van der Waals surface area contributed by atoms with E-state index in [0.29, 0.717) is 5.92 Å². The molecule has 1 fully saturated rings. The Hall–Kier alpha value is -1.03. The highest BCUT2D eigenvalue weighted by Gasteiger charge is 2.37. The van der Waals surface area contributed by atoms with Crippen molar-refractivity contribution in [2.75, 3.05) is 13.1 Å². The predicted molar refractivity (Wildman–Crippen MR) is 79.3 cm³/mol. The van der Waals surface area contributed by atoms with Crippen molar-refractivity contribution in [3.63, 3.8) is 0 Å². The lowest BCUT2D eigenvalue weighted by Crippen LogP contribution is -2.41. The van der Waals surface area contributed by atoms with Gasteiger partial charge in [-0.1, -0.05) is 32.0 Å². The van der Waals surface area contributed by atoms with E-state index in [4.69, 9.17) is 0 Å². The molecule has 4 heteroatoms. The number of hydrogen-bond donors (Lipinski definition) is 1. The first kappa shape index (κ1) is 16.3. The molecule has 0 saturated heterocycles. The van der Waals surface area contributed by atoms with Crippen LogP contribution in [0.2, 0.25) is 0 Å². The molecule has 1 N–H and O–H groups in total. The third kappa shape index (κ3) is 3.79. The average molecular weight is 299 g/mol. The van der Waals surface area contributed by atoms with Crippen LogP contribution >= 0.6 is 0 Å². The molecule has 1 aromatic rings. The van der Waals surface area contributed by atoms with Crippen molar-refractivity contribution in [1.29, 1.82) is 0 Å². The number of rotatable bonds is 4. The molecule has 118 valence electrons. The minimum Gasteiger partial charge on any atom is -0.316 e. The fraction of sp³-hybridized carbons (Fsp3) is 0.647. The SMILES string of the molecule is CCNCC1(c2cccc(C(F)(F)F)c2)CCC(C)CC1. The lowest BCUT2D eigenvalue weighted by Gasteiger charge is -2.40. The molecule has 0 radical (unpaired) electrons. The standard InChI is InChI=1S/C17H24F3N/c1-3-21-12-16(9-7-13(2)8-10-16)14-5-4-6-15(11-14)17(18,19)20/h4-6,11,13,21H,3,7-10,12H2,1-2H3. The van der Waals surface area contributed by atoms with Crippen LogP contribution in [0, 0.1) is 5.92 Å². The maximum atomic E-state index is 13.0. The predicted octanol–water partition coefficient (Wildman–Crippen LogP) is 4.76. The van der Waals surface area contributed by atoms with Crippen LogP contribution in [0.25, 0.3) is 0 Å². The van der Waals surface area contributed by atoms with Gasteiger partial charge >= 0.3 is 6.18 Å². The summed E-state index contributed by atoms with van der Waals surface area (Å²) in [5.41, 5.74) is 0.156. The zero-order chi connectivity index (χ0) is 15.5. The van der Waals surface area contributed by atoms with E-state index in [-0.39, 0.29) is 5.41 Å². The first-order valence-electron chi connectivity index (χ1n) is 7.76. The number of likely N-dealkylation sites (N-methyl/N-ethyl adjacent to an activating group) is 1. The monoisotopic (exact) mass is 299 g/mol. The van der Waals surface area contributed by atoms with E-state index in [9.17, 15) is 13.2 Å². The van der Waals surface area contributed by atoms with Crippen LogP contribution in [-0.4, -0.2) is 13.1 Å². The topological polar surface area (TPSA) is 12.0 Å². The molecule has 1 aliphatic carbocycles. The third-order valence-electron chi connectivity index (χ3n) is 4.75. The van der Waals surface area contributed by atoms with Crippen molar-refractivity contribution in [3.8, 4) is 0 Å². The van der Waals surface area contributed by atoms with E-state index in [1.165, 1.54) is 6.07 Å². The molecule has 2 rings (SSSR count). The summed E-state index contributed by atoms with van der Waals surface area (Å²) in [5, 5.41) is 3.35. The Morgan fingerprint density at radius 3 is 2.48 bits per heavy atom. The molecule has 0 aliphatic heterocycles. The molecule has 1 aromatic carbocycles. The highest BCUT2D eigenvalue weighted by Crippen LogP contribution is 2.42. The van der Waals surface area contributed by atoms with Crippen molar-refractivity contribution in [1.82, 2.24) is 5.32 Å². The highest BCUT2D eigenvalue weighted by atomic mass is 19.4. The second-order valence-corrected chi connectivity index (χ2v) is 6.32. The maximum absolute atomic E-state index is 13.0. The van der Waals surface area contributed by atoms with E-state index >= 15 is 0 Å². The highest BCUT2D eigenvalue weighted by molar-refractivity contribution is 5.33. The summed E-state index contributed by atoms with van der Waals surface area (Å²) < 4.78 is 38.9. The quantitative estimate of drug-likeness (QED) is 0.845. The number of alkyl halides is 3. The van der Waals surface area contributed by atoms with Gasteiger partial charge in [-0.2, -0.15) is 13.2 Å². The molecule has 0 unspecified atom stereocenters. The number of hydrogen-bond acceptors (Lipinski definition) is 1. The van der Waals surface area contributed by atoms with Crippen molar-refractivity contribution in [2.45, 2.75) is 51.1 Å². The smallest absolute Gasteiger partial charge is 0.316 e. The summed E-state index contributed by atoms with van der Waals surface area (Å²) in [6.45, 7) is 5.86. The number of halogens is 3. The summed E-state index contributed by atoms with van der Waals surface area (Å²) in [6.07, 6.45) is -0.175. The largest absolute Gasteiger partial charge is 0.416 e. The molecule has 0 heterocycles. The van der Waals surface area contributed by atoms with E-state index in [1.807, 2.05) is 13.0 Å². The molecule has 0 bridgehead atoms. The summed E-state index contributed by atoms with van der Waals surface area (Å²) in [6, 6.07) is 5.93. The minimum absolute atomic E-state index is 0.149. The molecule has 1 saturated carbocycles. The first-order valence-corrected chi connectivity index (χ1v) is 7.76. The van der Waals surface area contributed by atoms with Crippen molar-refractivity contribution >= 4 is 0 Å². The Morgan fingerprint density at radius 2 is 1.90 bits per heavy atom. The molecule has 1 nitrogen and oxygen atoms in total. The summed E-state index contributed by atoms with van der Waals surface area (Å²) in [7, 11) is 0. The van der Waals surface area contributed by atoms with Crippen molar-refractivity contribution in [3.05, 3.63) is 35.4 Å². The molecule has 0 aromatic heterocycles. The van der Waals surface area contributed by atoms with Gasteiger partial charge in [-0.25, -0.2) is 0 Å². The van der Waals surface area contributed by atoms with Gasteiger partial charge in [-0.15, -0.1) is 0 Å². The third-order valence-corrected chi connectivity index (χ3v) is 4.75. The zero-order valence-electron chi connectivity index (χ0n) is 12.8. The van der Waals surface area contributed by atoms with Gasteiger partial charge in [0.05, 0.1) is 5.56 Å². The van der Waals surface area contributed by atoms with Crippen LogP contribution in [0.15, 0.2) is 24.3 Å². The van der Waals surface area contributed by atoms with Gasteiger partial charge < -0.3 is 5.32 Å². The zero-order valence-corrected chi connectivity index (χ0v) is 12.8. The second kappa shape index (κ2) is 6.39. The van der Waals surface area contributed by atoms with Gasteiger partial charge in [0, 0.05) is 12.0 Å². The Balaban J connectivity index is 2.32. The Labute approximate surface area is 124 Å². The molecule has 0 amide bonds. The van der Waals surface area contributed by atoms with Gasteiger partial charge in [0.15, 0.2) is 0 Å². The van der Waals surface area contributed by atoms with Crippen LogP contribution < -0.4 is 5.32 Å². The van der Waals surface area contributed by atoms with Crippen LogP contribution in [-0.2, 0) is 11.6 Å². The summed E-state index contributed by atoms with van der Waals surface area (Å²) in [4.78, 5) is 0. The first-order chi connectivity index (χ1) is 9.87. The summed E-state index contributed by atoms with van der Waals surface area (Å²) in [5.74, 6) is 0.672. The maximum Gasteiger partial charge on any atom is 0.416 e. The summed E-state index contributed by atoms with van der Waals surface area (Å²) >= 11 is 0. The number of benzene rings is 1. The fourth-order valence-corrected chi connectivity index (χ4v) is 3.27. The lowest BCUT2D eigenvalue weighted by atomic mass is 9.66. The molecule has 0 atom stereocenters. The second-order valence-electron chi connectivity index (χ2n) is 6.32. The molecular formula is C17H24F3N. The Bertz CT molecular complexity index is 454. The van der Waals surface area contributed by atoms with E-state index < -0.39 is 11.7 Å². The van der Waals surface area contributed by atoms with Gasteiger partial charge in [-0.05, 0) is 49.8 Å². The van der Waals surface area contributed by atoms with Gasteiger partial charge in [0.25, 0.3) is 0 Å². The van der Waals surface area contributed by atoms with Crippen LogP contribution in [0.4, 0.5) is 13.2 Å². The van der Waals surface area contributed by atoms with E-state index in [1.54, 1.807) is 6.07 Å². The van der Waals surface area contributed by atoms with E-state index in [0.717, 1.165) is 50.4 Å². The normalized spacial score (nSPS) is 26.8. The Morgan fingerprint density at radius 1 is 1.24 bits per heavy atom. The van der Waals surface area contributed by atoms with Gasteiger partial charge in [0.1, 0.15) is 0 Å². The molecule has 0 spiro atoms. The number of nitrogens with one attached hydrogen (secondary N) is 1. The molecule has 1 aliphatic rings. The van der Waals surface area contributed by atoms with E-state index in [2.05, 4.69) is 12.2 Å². The lowest BCUT2D eigenvalue weighted by molar-refractivity contribution is -0.137. The molecule has 21 heavy (non-hydrogen) atoms. The minimum atomic E-state index is -4.27.